The smallest absolute Gasteiger partial charge is 0.254 e. The van der Waals surface area contributed by atoms with Crippen LogP contribution >= 0.6 is 23.2 Å². The zero-order valence-corrected chi connectivity index (χ0v) is 16.2. The average molecular weight is 425 g/mol. The van der Waals surface area contributed by atoms with E-state index in [1.54, 1.807) is 29.2 Å². The van der Waals surface area contributed by atoms with Gasteiger partial charge in [-0.15, -0.1) is 0 Å². The summed E-state index contributed by atoms with van der Waals surface area (Å²) in [7, 11) is 0. The first-order valence-corrected chi connectivity index (χ1v) is 9.27. The van der Waals surface area contributed by atoms with Crippen LogP contribution in [0.1, 0.15) is 15.9 Å². The molecule has 2 aromatic rings. The van der Waals surface area contributed by atoms with Gasteiger partial charge in [0.1, 0.15) is 0 Å². The Bertz CT molecular complexity index is 942. The Morgan fingerprint density at radius 1 is 0.893 bits per heavy atom. The normalized spacial score (nSPS) is 14.6. The highest BCUT2D eigenvalue weighted by atomic mass is 35.5. The third-order valence-corrected chi connectivity index (χ3v) is 4.99. The quantitative estimate of drug-likeness (QED) is 0.690. The number of rotatable bonds is 3. The highest BCUT2D eigenvalue weighted by molar-refractivity contribution is 6.34. The Kier molecular flexibility index (Phi) is 6.31. The fourth-order valence-corrected chi connectivity index (χ4v) is 3.21. The fraction of sp³-hybridized carbons (Fsp3) is 0.200. The van der Waals surface area contributed by atoms with Crippen molar-refractivity contribution in [3.05, 3.63) is 75.3 Å². The van der Waals surface area contributed by atoms with Gasteiger partial charge in [-0.2, -0.15) is 0 Å². The molecule has 0 unspecified atom stereocenters. The van der Waals surface area contributed by atoms with Crippen molar-refractivity contribution in [3.8, 4) is 0 Å². The molecule has 0 radical (unpaired) electrons. The lowest BCUT2D eigenvalue weighted by atomic mass is 10.1. The van der Waals surface area contributed by atoms with Gasteiger partial charge in [-0.1, -0.05) is 23.2 Å². The molecule has 0 atom stereocenters. The minimum atomic E-state index is -1.07. The zero-order valence-electron chi connectivity index (χ0n) is 14.7. The lowest BCUT2D eigenvalue weighted by Gasteiger charge is -2.34. The number of hydrogen-bond donors (Lipinski definition) is 0. The molecule has 28 heavy (non-hydrogen) atoms. The molecule has 0 saturated carbocycles. The molecule has 4 nitrogen and oxygen atoms in total. The standard InChI is InChI=1S/C20H16Cl2F2N2O2/c21-15-3-4-16(22)13(11-15)2-6-19(27)25-7-9-26(10-8-25)20(28)14-1-5-17(23)18(24)12-14/h1-6,11-12H,7-10H2/b6-2+. The summed E-state index contributed by atoms with van der Waals surface area (Å²) in [5.41, 5.74) is 0.712. The SMILES string of the molecule is O=C(/C=C/c1cc(Cl)ccc1Cl)N1CCN(C(=O)c2ccc(F)c(F)c2)CC1. The second-order valence-corrected chi connectivity index (χ2v) is 7.09. The third-order valence-electron chi connectivity index (χ3n) is 4.41. The van der Waals surface area contributed by atoms with Crippen LogP contribution in [0, 0.1) is 11.6 Å². The van der Waals surface area contributed by atoms with Crippen molar-refractivity contribution in [1.82, 2.24) is 9.80 Å². The first-order chi connectivity index (χ1) is 13.3. The van der Waals surface area contributed by atoms with Crippen molar-refractivity contribution in [2.75, 3.05) is 26.2 Å². The predicted molar refractivity (Wildman–Crippen MR) is 104 cm³/mol. The summed E-state index contributed by atoms with van der Waals surface area (Å²) in [5.74, 6) is -2.67. The van der Waals surface area contributed by atoms with E-state index in [0.717, 1.165) is 12.1 Å². The van der Waals surface area contributed by atoms with Crippen LogP contribution in [0.15, 0.2) is 42.5 Å². The van der Waals surface area contributed by atoms with Crippen LogP contribution in [-0.2, 0) is 4.79 Å². The van der Waals surface area contributed by atoms with Crippen molar-refractivity contribution in [2.24, 2.45) is 0 Å². The van der Waals surface area contributed by atoms with E-state index in [1.165, 1.54) is 17.0 Å². The molecule has 2 aromatic carbocycles. The molecule has 1 aliphatic rings. The highest BCUT2D eigenvalue weighted by Gasteiger charge is 2.24. The summed E-state index contributed by atoms with van der Waals surface area (Å²) in [5, 5.41) is 0.997. The second-order valence-electron chi connectivity index (χ2n) is 6.25. The Balaban J connectivity index is 1.59. The highest BCUT2D eigenvalue weighted by Crippen LogP contribution is 2.22. The lowest BCUT2D eigenvalue weighted by Crippen LogP contribution is -2.50. The zero-order chi connectivity index (χ0) is 20.3. The van der Waals surface area contributed by atoms with Gasteiger partial charge in [-0.25, -0.2) is 8.78 Å². The van der Waals surface area contributed by atoms with Crippen LogP contribution in [-0.4, -0.2) is 47.8 Å². The van der Waals surface area contributed by atoms with Crippen molar-refractivity contribution in [3.63, 3.8) is 0 Å². The van der Waals surface area contributed by atoms with Crippen molar-refractivity contribution in [2.45, 2.75) is 0 Å². The van der Waals surface area contributed by atoms with Crippen LogP contribution in [0.3, 0.4) is 0 Å². The number of amides is 2. The Morgan fingerprint density at radius 3 is 2.25 bits per heavy atom. The monoisotopic (exact) mass is 424 g/mol. The number of nitrogens with zero attached hydrogens (tertiary/aromatic N) is 2. The number of piperazine rings is 1. The lowest BCUT2D eigenvalue weighted by molar-refractivity contribution is -0.127. The van der Waals surface area contributed by atoms with E-state index in [2.05, 4.69) is 0 Å². The van der Waals surface area contributed by atoms with E-state index in [9.17, 15) is 18.4 Å². The number of benzene rings is 2. The van der Waals surface area contributed by atoms with E-state index < -0.39 is 17.5 Å². The largest absolute Gasteiger partial charge is 0.336 e. The molecule has 0 spiro atoms. The second kappa shape index (κ2) is 8.71. The minimum absolute atomic E-state index is 0.0779. The molecule has 1 saturated heterocycles. The van der Waals surface area contributed by atoms with Gasteiger partial charge < -0.3 is 9.80 Å². The van der Waals surface area contributed by atoms with Crippen LogP contribution in [0.25, 0.3) is 6.08 Å². The first kappa shape index (κ1) is 20.3. The Hall–Kier alpha value is -2.44. The van der Waals surface area contributed by atoms with Gasteiger partial charge in [-0.05, 0) is 48.0 Å². The van der Waals surface area contributed by atoms with Crippen LogP contribution in [0.5, 0.6) is 0 Å². The number of halogens is 4. The summed E-state index contributed by atoms with van der Waals surface area (Å²) in [4.78, 5) is 27.9. The molecule has 0 bridgehead atoms. The summed E-state index contributed by atoms with van der Waals surface area (Å²) >= 11 is 12.0. The molecule has 8 heteroatoms. The maximum Gasteiger partial charge on any atom is 0.254 e. The van der Waals surface area contributed by atoms with E-state index in [-0.39, 0.29) is 11.5 Å². The molecule has 0 aromatic heterocycles. The maximum atomic E-state index is 13.3. The van der Waals surface area contributed by atoms with Crippen molar-refractivity contribution in [1.29, 1.82) is 0 Å². The molecule has 1 aliphatic heterocycles. The number of hydrogen-bond acceptors (Lipinski definition) is 2. The summed E-state index contributed by atoms with van der Waals surface area (Å²) in [6.45, 7) is 1.27. The molecule has 0 N–H and O–H groups in total. The van der Waals surface area contributed by atoms with Crippen LogP contribution < -0.4 is 0 Å². The van der Waals surface area contributed by atoms with Gasteiger partial charge in [0.2, 0.25) is 5.91 Å². The summed E-state index contributed by atoms with van der Waals surface area (Å²) < 4.78 is 26.3. The van der Waals surface area contributed by atoms with Crippen LogP contribution in [0.4, 0.5) is 8.78 Å². The number of carbonyl (C=O) groups is 2. The molecular formula is C20H16Cl2F2N2O2. The minimum Gasteiger partial charge on any atom is -0.336 e. The summed E-state index contributed by atoms with van der Waals surface area (Å²) in [6.07, 6.45) is 3.00. The Labute approximate surface area is 170 Å². The third kappa shape index (κ3) is 4.69. The predicted octanol–water partition coefficient (Wildman–Crippen LogP) is 4.27. The first-order valence-electron chi connectivity index (χ1n) is 8.51. The molecule has 0 aliphatic carbocycles. The van der Waals surface area contributed by atoms with Gasteiger partial charge in [0, 0.05) is 47.9 Å². The van der Waals surface area contributed by atoms with E-state index in [1.807, 2.05) is 0 Å². The maximum absolute atomic E-state index is 13.3. The van der Waals surface area contributed by atoms with E-state index >= 15 is 0 Å². The van der Waals surface area contributed by atoms with Gasteiger partial charge in [0.05, 0.1) is 0 Å². The van der Waals surface area contributed by atoms with E-state index in [0.29, 0.717) is 41.8 Å². The van der Waals surface area contributed by atoms with Gasteiger partial charge >= 0.3 is 0 Å². The number of carbonyl (C=O) groups excluding carboxylic acids is 2. The molecule has 2 amide bonds. The molecule has 3 rings (SSSR count). The molecule has 146 valence electrons. The Morgan fingerprint density at radius 2 is 1.57 bits per heavy atom. The average Bonchev–Trinajstić information content (AvgIpc) is 2.70. The van der Waals surface area contributed by atoms with Gasteiger partial charge in [-0.3, -0.25) is 9.59 Å². The van der Waals surface area contributed by atoms with Crippen molar-refractivity contribution >= 4 is 41.1 Å². The van der Waals surface area contributed by atoms with Gasteiger partial charge in [0.15, 0.2) is 11.6 Å². The van der Waals surface area contributed by atoms with E-state index in [4.69, 9.17) is 23.2 Å². The summed E-state index contributed by atoms with van der Waals surface area (Å²) in [6, 6.07) is 8.02. The van der Waals surface area contributed by atoms with Gasteiger partial charge in [0.25, 0.3) is 5.91 Å². The topological polar surface area (TPSA) is 40.6 Å². The fourth-order valence-electron chi connectivity index (χ4n) is 2.85. The van der Waals surface area contributed by atoms with Crippen molar-refractivity contribution < 1.29 is 18.4 Å². The molecular weight excluding hydrogens is 409 g/mol. The molecule has 1 fully saturated rings. The molecule has 1 heterocycles. The van der Waals surface area contributed by atoms with Crippen LogP contribution in [0.2, 0.25) is 10.0 Å².